The van der Waals surface area contributed by atoms with Crippen LogP contribution >= 0.6 is 15.9 Å². The summed E-state index contributed by atoms with van der Waals surface area (Å²) in [6, 6.07) is 10.6. The monoisotopic (exact) mass is 268 g/mol. The summed E-state index contributed by atoms with van der Waals surface area (Å²) in [6.45, 7) is 0.210. The number of hydrogen-bond donors (Lipinski definition) is 1. The molecule has 0 radical (unpaired) electrons. The first-order valence-corrected chi connectivity index (χ1v) is 5.18. The highest BCUT2D eigenvalue weighted by Crippen LogP contribution is 2.08. The van der Waals surface area contributed by atoms with Crippen molar-refractivity contribution in [2.45, 2.75) is 4.83 Å². The van der Waals surface area contributed by atoms with E-state index >= 15 is 0 Å². The number of rotatable bonds is 3. The van der Waals surface area contributed by atoms with E-state index in [0.717, 1.165) is 0 Å². The molecule has 0 aromatic heterocycles. The fourth-order valence-electron chi connectivity index (χ4n) is 0.850. The Bertz CT molecular complexity index is 361. The molecule has 0 fully saturated rings. The molecule has 0 aliphatic carbocycles. The molecule has 1 N–H and O–H groups in total. The first-order chi connectivity index (χ1) is 7.22. The second kappa shape index (κ2) is 6.04. The molecule has 1 amide bonds. The molecule has 1 aromatic carbocycles. The van der Waals surface area contributed by atoms with Gasteiger partial charge in [-0.25, -0.2) is 4.79 Å². The van der Waals surface area contributed by atoms with Crippen molar-refractivity contribution in [3.8, 4) is 11.8 Å². The molecule has 0 bridgehead atoms. The number of ether oxygens (including phenoxy) is 1. The van der Waals surface area contributed by atoms with Gasteiger partial charge in [0.25, 0.3) is 0 Å². The van der Waals surface area contributed by atoms with E-state index in [1.165, 1.54) is 0 Å². The standard InChI is InChI=1S/C10H9BrN2O2/c11-8(6-12)7-13-10(14)15-9-4-2-1-3-5-9/h1-5,8H,7H2,(H,13,14)/t8-/m1/s1. The summed E-state index contributed by atoms with van der Waals surface area (Å²) in [5, 5.41) is 10.9. The van der Waals surface area contributed by atoms with Gasteiger partial charge in [-0.1, -0.05) is 34.1 Å². The van der Waals surface area contributed by atoms with Gasteiger partial charge in [-0.3, -0.25) is 0 Å². The van der Waals surface area contributed by atoms with Crippen LogP contribution in [0.15, 0.2) is 30.3 Å². The van der Waals surface area contributed by atoms with Crippen LogP contribution in [0.4, 0.5) is 4.79 Å². The number of alkyl halides is 1. The fourth-order valence-corrected chi connectivity index (χ4v) is 1.01. The molecule has 0 aliphatic heterocycles. The number of carbonyl (C=O) groups excluding carboxylic acids is 1. The van der Waals surface area contributed by atoms with E-state index in [0.29, 0.717) is 5.75 Å². The molecule has 1 aromatic rings. The van der Waals surface area contributed by atoms with Crippen molar-refractivity contribution in [3.05, 3.63) is 30.3 Å². The highest BCUT2D eigenvalue weighted by Gasteiger charge is 2.06. The van der Waals surface area contributed by atoms with Crippen LogP contribution < -0.4 is 10.1 Å². The van der Waals surface area contributed by atoms with Gasteiger partial charge >= 0.3 is 6.09 Å². The third kappa shape index (κ3) is 4.47. The van der Waals surface area contributed by atoms with E-state index in [4.69, 9.17) is 10.00 Å². The molecule has 1 rings (SSSR count). The maximum absolute atomic E-state index is 11.2. The summed E-state index contributed by atoms with van der Waals surface area (Å²) in [5.41, 5.74) is 0. The SMILES string of the molecule is N#C[C@@H](Br)CNC(=O)Oc1ccccc1. The number of carbonyl (C=O) groups is 1. The van der Waals surface area contributed by atoms with Gasteiger partial charge in [0.1, 0.15) is 10.6 Å². The summed E-state index contributed by atoms with van der Waals surface area (Å²) in [4.78, 5) is 10.8. The number of hydrogen-bond acceptors (Lipinski definition) is 3. The van der Waals surface area contributed by atoms with Crippen molar-refractivity contribution in [1.29, 1.82) is 5.26 Å². The Labute approximate surface area is 96.0 Å². The highest BCUT2D eigenvalue weighted by atomic mass is 79.9. The lowest BCUT2D eigenvalue weighted by molar-refractivity contribution is 0.201. The van der Waals surface area contributed by atoms with Crippen molar-refractivity contribution in [3.63, 3.8) is 0 Å². The van der Waals surface area contributed by atoms with Crippen LogP contribution in [0.3, 0.4) is 0 Å². The molecular weight excluding hydrogens is 260 g/mol. The van der Waals surface area contributed by atoms with Crippen LogP contribution in [-0.4, -0.2) is 17.5 Å². The summed E-state index contributed by atoms with van der Waals surface area (Å²) >= 11 is 3.06. The van der Waals surface area contributed by atoms with Crippen LogP contribution in [0.2, 0.25) is 0 Å². The van der Waals surface area contributed by atoms with E-state index in [-0.39, 0.29) is 6.54 Å². The molecule has 0 spiro atoms. The minimum Gasteiger partial charge on any atom is -0.410 e. The minimum atomic E-state index is -0.569. The zero-order chi connectivity index (χ0) is 11.1. The second-order valence-electron chi connectivity index (χ2n) is 2.68. The lowest BCUT2D eigenvalue weighted by Crippen LogP contribution is -2.31. The van der Waals surface area contributed by atoms with Crippen molar-refractivity contribution in [1.82, 2.24) is 5.32 Å². The van der Waals surface area contributed by atoms with Gasteiger partial charge in [-0.05, 0) is 12.1 Å². The predicted molar refractivity (Wildman–Crippen MR) is 58.8 cm³/mol. The fraction of sp³-hybridized carbons (Fsp3) is 0.200. The molecule has 1 atom stereocenters. The van der Waals surface area contributed by atoms with Crippen LogP contribution in [0.1, 0.15) is 0 Å². The van der Waals surface area contributed by atoms with Gasteiger partial charge in [0.05, 0.1) is 6.07 Å². The Hall–Kier alpha value is -1.54. The molecular formula is C10H9BrN2O2. The average Bonchev–Trinajstić information content (AvgIpc) is 2.27. The van der Waals surface area contributed by atoms with E-state index < -0.39 is 10.9 Å². The van der Waals surface area contributed by atoms with Crippen LogP contribution in [0.25, 0.3) is 0 Å². The Balaban J connectivity index is 2.35. The van der Waals surface area contributed by atoms with Gasteiger partial charge in [0, 0.05) is 6.54 Å². The minimum absolute atomic E-state index is 0.210. The molecule has 0 saturated heterocycles. The molecule has 5 heteroatoms. The maximum atomic E-state index is 11.2. The first-order valence-electron chi connectivity index (χ1n) is 4.27. The van der Waals surface area contributed by atoms with Crippen molar-refractivity contribution < 1.29 is 9.53 Å². The topological polar surface area (TPSA) is 62.1 Å². The van der Waals surface area contributed by atoms with E-state index in [1.807, 2.05) is 12.1 Å². The van der Waals surface area contributed by atoms with Crippen molar-refractivity contribution >= 4 is 22.0 Å². The number of nitrogens with zero attached hydrogens (tertiary/aromatic N) is 1. The summed E-state index contributed by atoms with van der Waals surface area (Å²) < 4.78 is 4.93. The third-order valence-electron chi connectivity index (χ3n) is 1.52. The van der Waals surface area contributed by atoms with Crippen LogP contribution in [-0.2, 0) is 0 Å². The zero-order valence-electron chi connectivity index (χ0n) is 7.81. The van der Waals surface area contributed by atoms with Gasteiger partial charge in [-0.2, -0.15) is 5.26 Å². The van der Waals surface area contributed by atoms with Gasteiger partial charge < -0.3 is 10.1 Å². The molecule has 78 valence electrons. The maximum Gasteiger partial charge on any atom is 0.412 e. The Morgan fingerprint density at radius 3 is 2.80 bits per heavy atom. The summed E-state index contributed by atoms with van der Waals surface area (Å²) in [6.07, 6.45) is -0.569. The molecule has 0 unspecified atom stereocenters. The van der Waals surface area contributed by atoms with Gasteiger partial charge in [-0.15, -0.1) is 0 Å². The first kappa shape index (κ1) is 11.5. The lowest BCUT2D eigenvalue weighted by Gasteiger charge is -2.06. The zero-order valence-corrected chi connectivity index (χ0v) is 9.40. The predicted octanol–water partition coefficient (Wildman–Crippen LogP) is 2.06. The van der Waals surface area contributed by atoms with Gasteiger partial charge in [0.15, 0.2) is 0 Å². The highest BCUT2D eigenvalue weighted by molar-refractivity contribution is 9.09. The van der Waals surface area contributed by atoms with E-state index in [9.17, 15) is 4.79 Å². The molecule has 15 heavy (non-hydrogen) atoms. The number of para-hydroxylation sites is 1. The van der Waals surface area contributed by atoms with Crippen LogP contribution in [0, 0.1) is 11.3 Å². The normalized spacial score (nSPS) is 11.2. The molecule has 0 aliphatic rings. The third-order valence-corrected chi connectivity index (χ3v) is 2.05. The number of nitrogens with one attached hydrogen (secondary N) is 1. The summed E-state index contributed by atoms with van der Waals surface area (Å²) in [5.74, 6) is 0.470. The molecule has 4 nitrogen and oxygen atoms in total. The van der Waals surface area contributed by atoms with Crippen molar-refractivity contribution in [2.24, 2.45) is 0 Å². The van der Waals surface area contributed by atoms with Crippen LogP contribution in [0.5, 0.6) is 5.75 Å². The second-order valence-corrected chi connectivity index (χ2v) is 3.79. The van der Waals surface area contributed by atoms with Crippen molar-refractivity contribution in [2.75, 3.05) is 6.54 Å². The number of amides is 1. The summed E-state index contributed by atoms with van der Waals surface area (Å²) in [7, 11) is 0. The molecule has 0 heterocycles. The molecule has 0 saturated carbocycles. The smallest absolute Gasteiger partial charge is 0.410 e. The number of nitriles is 1. The largest absolute Gasteiger partial charge is 0.412 e. The van der Waals surface area contributed by atoms with Gasteiger partial charge in [0.2, 0.25) is 0 Å². The Morgan fingerprint density at radius 1 is 1.53 bits per heavy atom. The Morgan fingerprint density at radius 2 is 2.20 bits per heavy atom. The quantitative estimate of drug-likeness (QED) is 0.854. The Kier molecular flexibility index (Phi) is 4.64. The van der Waals surface area contributed by atoms with E-state index in [2.05, 4.69) is 21.2 Å². The van der Waals surface area contributed by atoms with E-state index in [1.54, 1.807) is 24.3 Å². The average molecular weight is 269 g/mol. The lowest BCUT2D eigenvalue weighted by atomic mass is 10.3. The number of halogens is 1. The number of benzene rings is 1.